The van der Waals surface area contributed by atoms with Crippen molar-refractivity contribution in [2.75, 3.05) is 13.2 Å². The summed E-state index contributed by atoms with van der Waals surface area (Å²) in [5.41, 5.74) is -0.971. The molecule has 0 aromatic carbocycles. The van der Waals surface area contributed by atoms with Crippen LogP contribution in [0.25, 0.3) is 0 Å². The predicted octanol–water partition coefficient (Wildman–Crippen LogP) is 5.43. The zero-order chi connectivity index (χ0) is 28.4. The molecule has 0 aliphatic heterocycles. The summed E-state index contributed by atoms with van der Waals surface area (Å²) in [5, 5.41) is 45.1. The maximum absolute atomic E-state index is 14.6. The number of fused-ring (bicyclic) bond motifs is 8. The molecule has 0 heterocycles. The Hall–Kier alpha value is -0.750. The fourth-order valence-electron chi connectivity index (χ4n) is 13.1. The normalized spacial score (nSPS) is 53.8. The van der Waals surface area contributed by atoms with Crippen molar-refractivity contribution in [1.29, 1.82) is 0 Å². The molecule has 0 amide bonds. The van der Waals surface area contributed by atoms with Crippen molar-refractivity contribution in [2.45, 2.75) is 124 Å². The van der Waals surface area contributed by atoms with Gasteiger partial charge in [0.25, 0.3) is 0 Å². The third-order valence-electron chi connectivity index (χ3n) is 15.0. The van der Waals surface area contributed by atoms with Gasteiger partial charge in [0.2, 0.25) is 0 Å². The monoisotopic (exact) mass is 542 g/mol. The Labute approximate surface area is 235 Å². The minimum atomic E-state index is -0.611. The molecule has 6 rings (SSSR count). The van der Waals surface area contributed by atoms with Gasteiger partial charge in [-0.05, 0) is 103 Å². The van der Waals surface area contributed by atoms with Crippen molar-refractivity contribution in [3.63, 3.8) is 0 Å². The summed E-state index contributed by atoms with van der Waals surface area (Å²) in [6, 6.07) is 0. The number of aliphatic hydroxyl groups is 4. The van der Waals surface area contributed by atoms with Crippen LogP contribution in [-0.4, -0.2) is 51.6 Å². The van der Waals surface area contributed by atoms with Gasteiger partial charge in [-0.1, -0.05) is 60.0 Å². The van der Waals surface area contributed by atoms with E-state index in [1.54, 1.807) is 0 Å². The van der Waals surface area contributed by atoms with E-state index in [0.29, 0.717) is 12.8 Å². The van der Waals surface area contributed by atoms with Crippen molar-refractivity contribution < 1.29 is 25.2 Å². The predicted molar refractivity (Wildman–Crippen MR) is 152 cm³/mol. The molecule has 10 unspecified atom stereocenters. The van der Waals surface area contributed by atoms with Gasteiger partial charge in [-0.3, -0.25) is 4.79 Å². The number of carbonyl (C=O) groups excluding carboxylic acids is 1. The summed E-state index contributed by atoms with van der Waals surface area (Å²) in [7, 11) is 0. The lowest BCUT2D eigenvalue weighted by Gasteiger charge is -2.73. The number of allylic oxidation sites excluding steroid dienone is 2. The number of ketones is 1. The van der Waals surface area contributed by atoms with Crippen LogP contribution in [0.5, 0.6) is 0 Å². The Balaban J connectivity index is 1.52. The average molecular weight is 543 g/mol. The van der Waals surface area contributed by atoms with E-state index in [4.69, 9.17) is 0 Å². The van der Waals surface area contributed by atoms with Crippen LogP contribution in [-0.2, 0) is 4.79 Å². The smallest absolute Gasteiger partial charge is 0.159 e. The van der Waals surface area contributed by atoms with Crippen molar-refractivity contribution in [3.8, 4) is 0 Å². The largest absolute Gasteiger partial charge is 0.396 e. The van der Waals surface area contributed by atoms with E-state index in [9.17, 15) is 25.2 Å². The van der Waals surface area contributed by atoms with Crippen LogP contribution >= 0.6 is 0 Å². The molecule has 4 N–H and O–H groups in total. The highest BCUT2D eigenvalue weighted by Crippen LogP contribution is 2.78. The zero-order valence-corrected chi connectivity index (χ0v) is 25.4. The van der Waals surface area contributed by atoms with E-state index in [2.05, 4.69) is 34.6 Å². The van der Waals surface area contributed by atoms with Gasteiger partial charge in [0, 0.05) is 16.7 Å². The van der Waals surface area contributed by atoms with E-state index in [1.165, 1.54) is 5.57 Å². The van der Waals surface area contributed by atoms with Crippen LogP contribution in [0.2, 0.25) is 0 Å². The molecule has 10 atom stereocenters. The van der Waals surface area contributed by atoms with Crippen LogP contribution in [0.1, 0.15) is 112 Å². The highest BCUT2D eigenvalue weighted by Gasteiger charge is 2.75. The Kier molecular flexibility index (Phi) is 6.13. The first-order chi connectivity index (χ1) is 18.1. The molecule has 5 nitrogen and oxygen atoms in total. The Morgan fingerprint density at radius 2 is 1.51 bits per heavy atom. The molecule has 5 heteroatoms. The molecule has 0 saturated heterocycles. The fourth-order valence-corrected chi connectivity index (χ4v) is 13.1. The molecule has 0 aromatic rings. The summed E-state index contributed by atoms with van der Waals surface area (Å²) >= 11 is 0. The minimum Gasteiger partial charge on any atom is -0.396 e. The molecule has 5 saturated carbocycles. The average Bonchev–Trinajstić information content (AvgIpc) is 3.31. The van der Waals surface area contributed by atoms with Gasteiger partial charge < -0.3 is 20.4 Å². The summed E-state index contributed by atoms with van der Waals surface area (Å²) in [5.74, 6) is 0.0728. The Morgan fingerprint density at radius 3 is 2.13 bits per heavy atom. The molecule has 6 aliphatic rings. The van der Waals surface area contributed by atoms with E-state index in [-0.39, 0.29) is 63.8 Å². The summed E-state index contributed by atoms with van der Waals surface area (Å²) in [4.78, 5) is 14.6. The number of aliphatic hydroxyl groups excluding tert-OH is 4. The minimum absolute atomic E-state index is 0.00115. The molecular formula is C34H54O5. The molecule has 0 bridgehead atoms. The van der Waals surface area contributed by atoms with Gasteiger partial charge >= 0.3 is 0 Å². The molecule has 6 aliphatic carbocycles. The van der Waals surface area contributed by atoms with Crippen LogP contribution in [0, 0.1) is 55.7 Å². The number of hydrogen-bond donors (Lipinski definition) is 4. The Morgan fingerprint density at radius 1 is 0.846 bits per heavy atom. The maximum atomic E-state index is 14.6. The van der Waals surface area contributed by atoms with E-state index in [1.807, 2.05) is 13.0 Å². The van der Waals surface area contributed by atoms with Gasteiger partial charge in [0.1, 0.15) is 0 Å². The maximum Gasteiger partial charge on any atom is 0.159 e. The topological polar surface area (TPSA) is 98.0 Å². The fraction of sp³-hybridized carbons (Fsp3) is 0.912. The number of rotatable bonds is 2. The van der Waals surface area contributed by atoms with Crippen molar-refractivity contribution in [3.05, 3.63) is 11.6 Å². The highest BCUT2D eigenvalue weighted by molar-refractivity contribution is 5.95. The first-order valence-electron chi connectivity index (χ1n) is 15.9. The first kappa shape index (κ1) is 28.4. The van der Waals surface area contributed by atoms with E-state index >= 15 is 0 Å². The number of carbonyl (C=O) groups is 1. The highest BCUT2D eigenvalue weighted by atomic mass is 16.3. The Bertz CT molecular complexity index is 1070. The van der Waals surface area contributed by atoms with Gasteiger partial charge in [-0.15, -0.1) is 0 Å². The lowest BCUT2D eigenvalue weighted by atomic mass is 9.31. The van der Waals surface area contributed by atoms with Crippen LogP contribution in [0.3, 0.4) is 0 Å². The van der Waals surface area contributed by atoms with Crippen molar-refractivity contribution >= 4 is 5.78 Å². The second-order valence-corrected chi connectivity index (χ2v) is 17.0. The molecule has 0 aromatic heterocycles. The van der Waals surface area contributed by atoms with Gasteiger partial charge in [0.15, 0.2) is 5.78 Å². The second kappa shape index (κ2) is 8.42. The van der Waals surface area contributed by atoms with E-state index in [0.717, 1.165) is 57.8 Å². The lowest BCUT2D eigenvalue weighted by molar-refractivity contribution is -0.244. The molecule has 39 heavy (non-hydrogen) atoms. The molecule has 5 fully saturated rings. The van der Waals surface area contributed by atoms with Gasteiger partial charge in [-0.2, -0.15) is 0 Å². The zero-order valence-electron chi connectivity index (χ0n) is 25.4. The molecular weight excluding hydrogens is 488 g/mol. The van der Waals surface area contributed by atoms with Gasteiger partial charge in [0.05, 0.1) is 25.4 Å². The molecule has 0 radical (unpaired) electrons. The van der Waals surface area contributed by atoms with Crippen molar-refractivity contribution in [1.82, 2.24) is 0 Å². The van der Waals surface area contributed by atoms with Gasteiger partial charge in [-0.25, -0.2) is 0 Å². The molecule has 220 valence electrons. The lowest BCUT2D eigenvalue weighted by Crippen LogP contribution is -2.71. The quantitative estimate of drug-likeness (QED) is 0.373. The SMILES string of the molecule is CC1(C)CC2C3=CC(=O)C4C5(C)CCC(O)C(C)(CO)C5CCC4(C)C3(C)CC(O)C2(CO)C2(CCCC2)C1. The first-order valence-corrected chi connectivity index (χ1v) is 15.9. The third kappa shape index (κ3) is 3.20. The summed E-state index contributed by atoms with van der Waals surface area (Å²) in [6.07, 6.45) is 10.9. The third-order valence-corrected chi connectivity index (χ3v) is 15.0. The number of hydrogen-bond acceptors (Lipinski definition) is 5. The summed E-state index contributed by atoms with van der Waals surface area (Å²) < 4.78 is 0. The van der Waals surface area contributed by atoms with E-state index < -0.39 is 23.0 Å². The second-order valence-electron chi connectivity index (χ2n) is 17.0. The van der Waals surface area contributed by atoms with Crippen molar-refractivity contribution in [2.24, 2.45) is 55.7 Å². The van der Waals surface area contributed by atoms with Crippen LogP contribution < -0.4 is 0 Å². The summed E-state index contributed by atoms with van der Waals surface area (Å²) in [6.45, 7) is 13.6. The van der Waals surface area contributed by atoms with Crippen LogP contribution in [0.4, 0.5) is 0 Å². The van der Waals surface area contributed by atoms with Crippen LogP contribution in [0.15, 0.2) is 11.6 Å². The molecule has 1 spiro atoms. The standard InChI is InChI=1S/C34H54O5/c1-28(2)16-22-21-15-23(37)27-29(3)13-10-25(38)30(4,19-35)24(29)9-14-31(27,5)32(21,6)17-26(39)34(22,20-36)33(18-28)11-7-8-12-33/h15,22,24-27,35-36,38-39H,7-14,16-20H2,1-6H3.